The molecule has 3 heterocycles. The molecule has 1 unspecified atom stereocenters. The Balaban J connectivity index is 2.06. The first-order valence-corrected chi connectivity index (χ1v) is 6.97. The molecule has 86 valence electrons. The molecule has 0 bridgehead atoms. The number of pyridine rings is 1. The topological polar surface area (TPSA) is 46.0 Å². The standard InChI is InChI=1S/C12H10N2OS2/c1-7(15)10-6-17-12(14-10)8-4-11-9(13-5-8)2-3-16-11/h2-7,15H,1H3. The number of rotatable bonds is 2. The number of thiophene rings is 1. The molecule has 17 heavy (non-hydrogen) atoms. The van der Waals surface area contributed by atoms with E-state index in [2.05, 4.69) is 16.0 Å². The van der Waals surface area contributed by atoms with Crippen molar-refractivity contribution in [2.75, 3.05) is 0 Å². The van der Waals surface area contributed by atoms with Crippen LogP contribution in [0.4, 0.5) is 0 Å². The van der Waals surface area contributed by atoms with Crippen LogP contribution in [0.3, 0.4) is 0 Å². The highest BCUT2D eigenvalue weighted by atomic mass is 32.1. The molecular formula is C12H10N2OS2. The number of fused-ring (bicyclic) bond motifs is 1. The lowest BCUT2D eigenvalue weighted by Gasteiger charge is -1.98. The van der Waals surface area contributed by atoms with Crippen molar-refractivity contribution in [2.24, 2.45) is 0 Å². The summed E-state index contributed by atoms with van der Waals surface area (Å²) in [4.78, 5) is 8.79. The van der Waals surface area contributed by atoms with Gasteiger partial charge >= 0.3 is 0 Å². The molecule has 0 saturated carbocycles. The van der Waals surface area contributed by atoms with Crippen LogP contribution in [0.25, 0.3) is 20.8 Å². The monoisotopic (exact) mass is 262 g/mol. The van der Waals surface area contributed by atoms with E-state index in [1.54, 1.807) is 18.3 Å². The van der Waals surface area contributed by atoms with Crippen LogP contribution in [0, 0.1) is 0 Å². The van der Waals surface area contributed by atoms with Gasteiger partial charge in [0.05, 0.1) is 22.0 Å². The van der Waals surface area contributed by atoms with Gasteiger partial charge in [-0.25, -0.2) is 4.98 Å². The SMILES string of the molecule is CC(O)c1csc(-c2cnc3ccsc3c2)n1. The Bertz CT molecular complexity index is 657. The summed E-state index contributed by atoms with van der Waals surface area (Å²) >= 11 is 3.21. The number of aliphatic hydroxyl groups excluding tert-OH is 1. The van der Waals surface area contributed by atoms with Crippen LogP contribution in [0.2, 0.25) is 0 Å². The minimum atomic E-state index is -0.515. The molecule has 0 amide bonds. The summed E-state index contributed by atoms with van der Waals surface area (Å²) in [5.41, 5.74) is 2.75. The van der Waals surface area contributed by atoms with Gasteiger partial charge in [-0.05, 0) is 24.4 Å². The molecule has 0 saturated heterocycles. The van der Waals surface area contributed by atoms with Crippen LogP contribution in [-0.2, 0) is 0 Å². The number of nitrogens with zero attached hydrogens (tertiary/aromatic N) is 2. The van der Waals surface area contributed by atoms with Crippen molar-refractivity contribution in [1.82, 2.24) is 9.97 Å². The minimum Gasteiger partial charge on any atom is -0.387 e. The van der Waals surface area contributed by atoms with E-state index in [0.29, 0.717) is 0 Å². The second-order valence-electron chi connectivity index (χ2n) is 3.78. The van der Waals surface area contributed by atoms with Crippen LogP contribution in [0.5, 0.6) is 0 Å². The van der Waals surface area contributed by atoms with Gasteiger partial charge in [-0.2, -0.15) is 0 Å². The maximum absolute atomic E-state index is 9.45. The lowest BCUT2D eigenvalue weighted by molar-refractivity contribution is 0.195. The van der Waals surface area contributed by atoms with Gasteiger partial charge in [0, 0.05) is 17.1 Å². The Morgan fingerprint density at radius 3 is 3.00 bits per heavy atom. The molecule has 0 radical (unpaired) electrons. The van der Waals surface area contributed by atoms with E-state index < -0.39 is 6.10 Å². The zero-order valence-electron chi connectivity index (χ0n) is 9.12. The van der Waals surface area contributed by atoms with Crippen molar-refractivity contribution in [3.63, 3.8) is 0 Å². The van der Waals surface area contributed by atoms with Gasteiger partial charge in [0.25, 0.3) is 0 Å². The predicted molar refractivity (Wildman–Crippen MR) is 71.4 cm³/mol. The summed E-state index contributed by atoms with van der Waals surface area (Å²) in [7, 11) is 0. The molecule has 1 atom stereocenters. The first-order chi connectivity index (χ1) is 8.24. The van der Waals surface area contributed by atoms with E-state index in [4.69, 9.17) is 0 Å². The lowest BCUT2D eigenvalue weighted by atomic mass is 10.2. The van der Waals surface area contributed by atoms with Crippen molar-refractivity contribution in [2.45, 2.75) is 13.0 Å². The van der Waals surface area contributed by atoms with Crippen LogP contribution in [-0.4, -0.2) is 15.1 Å². The second kappa shape index (κ2) is 4.18. The number of aliphatic hydroxyl groups is 1. The summed E-state index contributed by atoms with van der Waals surface area (Å²) in [5.74, 6) is 0. The Morgan fingerprint density at radius 1 is 1.35 bits per heavy atom. The maximum Gasteiger partial charge on any atom is 0.125 e. The molecule has 0 aliphatic heterocycles. The highest BCUT2D eigenvalue weighted by Gasteiger charge is 2.09. The summed E-state index contributed by atoms with van der Waals surface area (Å²) < 4.78 is 1.16. The normalized spacial score (nSPS) is 13.1. The molecule has 3 aromatic rings. The fraction of sp³-hybridized carbons (Fsp3) is 0.167. The number of aromatic nitrogens is 2. The predicted octanol–water partition coefficient (Wildman–Crippen LogP) is 3.47. The van der Waals surface area contributed by atoms with Gasteiger partial charge < -0.3 is 5.11 Å². The highest BCUT2D eigenvalue weighted by molar-refractivity contribution is 7.17. The molecule has 1 N–H and O–H groups in total. The van der Waals surface area contributed by atoms with E-state index in [1.165, 1.54) is 11.3 Å². The van der Waals surface area contributed by atoms with Crippen LogP contribution < -0.4 is 0 Å². The van der Waals surface area contributed by atoms with Gasteiger partial charge in [-0.3, -0.25) is 4.98 Å². The van der Waals surface area contributed by atoms with E-state index >= 15 is 0 Å². The molecule has 3 nitrogen and oxygen atoms in total. The van der Waals surface area contributed by atoms with Crippen molar-refractivity contribution in [1.29, 1.82) is 0 Å². The average molecular weight is 262 g/mol. The molecule has 0 fully saturated rings. The van der Waals surface area contributed by atoms with Crippen LogP contribution in [0.15, 0.2) is 29.1 Å². The molecule has 3 rings (SSSR count). The molecule has 0 aliphatic rings. The number of thiazole rings is 1. The second-order valence-corrected chi connectivity index (χ2v) is 5.59. The summed E-state index contributed by atoms with van der Waals surface area (Å²) in [5, 5.41) is 14.3. The van der Waals surface area contributed by atoms with Crippen LogP contribution >= 0.6 is 22.7 Å². The zero-order valence-corrected chi connectivity index (χ0v) is 10.8. The van der Waals surface area contributed by atoms with Gasteiger partial charge in [0.15, 0.2) is 0 Å². The highest BCUT2D eigenvalue weighted by Crippen LogP contribution is 2.29. The van der Waals surface area contributed by atoms with Crippen molar-refractivity contribution in [3.8, 4) is 10.6 Å². The summed E-state index contributed by atoms with van der Waals surface area (Å²) in [6, 6.07) is 4.10. The van der Waals surface area contributed by atoms with Gasteiger partial charge in [-0.15, -0.1) is 22.7 Å². The van der Waals surface area contributed by atoms with Gasteiger partial charge in [0.1, 0.15) is 5.01 Å². The van der Waals surface area contributed by atoms with Gasteiger partial charge in [-0.1, -0.05) is 0 Å². The zero-order chi connectivity index (χ0) is 11.8. The maximum atomic E-state index is 9.45. The summed E-state index contributed by atoms with van der Waals surface area (Å²) in [6.07, 6.45) is 1.32. The lowest BCUT2D eigenvalue weighted by Crippen LogP contribution is -1.90. The van der Waals surface area contributed by atoms with Crippen molar-refractivity contribution >= 4 is 32.9 Å². The van der Waals surface area contributed by atoms with Gasteiger partial charge in [0.2, 0.25) is 0 Å². The fourth-order valence-electron chi connectivity index (χ4n) is 1.57. The molecule has 3 aromatic heterocycles. The third-order valence-corrected chi connectivity index (χ3v) is 4.26. The number of hydrogen-bond acceptors (Lipinski definition) is 5. The van der Waals surface area contributed by atoms with Crippen molar-refractivity contribution < 1.29 is 5.11 Å². The van der Waals surface area contributed by atoms with E-state index in [1.807, 2.05) is 23.0 Å². The van der Waals surface area contributed by atoms with Crippen LogP contribution in [0.1, 0.15) is 18.7 Å². The quantitative estimate of drug-likeness (QED) is 0.769. The number of hydrogen-bond donors (Lipinski definition) is 1. The molecule has 0 aliphatic carbocycles. The molecule has 5 heteroatoms. The van der Waals surface area contributed by atoms with E-state index in [0.717, 1.165) is 26.5 Å². The Labute approximate surface area is 106 Å². The molecule has 0 aromatic carbocycles. The third kappa shape index (κ3) is 1.97. The average Bonchev–Trinajstić information content (AvgIpc) is 2.97. The smallest absolute Gasteiger partial charge is 0.125 e. The largest absolute Gasteiger partial charge is 0.387 e. The Kier molecular flexibility index (Phi) is 2.66. The fourth-order valence-corrected chi connectivity index (χ4v) is 3.24. The third-order valence-electron chi connectivity index (χ3n) is 2.50. The first-order valence-electron chi connectivity index (χ1n) is 5.21. The molecular weight excluding hydrogens is 252 g/mol. The minimum absolute atomic E-state index is 0.515. The Hall–Kier alpha value is -1.30. The van der Waals surface area contributed by atoms with Crippen molar-refractivity contribution in [3.05, 3.63) is 34.8 Å². The van der Waals surface area contributed by atoms with E-state index in [9.17, 15) is 5.11 Å². The summed E-state index contributed by atoms with van der Waals surface area (Å²) in [6.45, 7) is 1.72. The Morgan fingerprint density at radius 2 is 2.24 bits per heavy atom. The molecule has 0 spiro atoms. The van der Waals surface area contributed by atoms with E-state index in [-0.39, 0.29) is 0 Å². The first kappa shape index (κ1) is 10.8.